The van der Waals surface area contributed by atoms with Gasteiger partial charge in [0, 0.05) is 24.6 Å². The molecule has 0 saturated carbocycles. The van der Waals surface area contributed by atoms with Gasteiger partial charge in [-0.15, -0.1) is 0 Å². The van der Waals surface area contributed by atoms with E-state index in [0.717, 1.165) is 17.7 Å². The fourth-order valence-corrected chi connectivity index (χ4v) is 2.39. The van der Waals surface area contributed by atoms with Crippen LogP contribution in [0.15, 0.2) is 54.6 Å². The molecule has 2 aromatic rings. The summed E-state index contributed by atoms with van der Waals surface area (Å²) in [6, 6.07) is 17.9. The zero-order chi connectivity index (χ0) is 15.8. The molecule has 0 amide bonds. The van der Waals surface area contributed by atoms with E-state index in [1.807, 2.05) is 42.5 Å². The highest BCUT2D eigenvalue weighted by Gasteiger charge is 2.07. The number of methoxy groups -OCH3 is 1. The first kappa shape index (κ1) is 16.2. The lowest BCUT2D eigenvalue weighted by Crippen LogP contribution is -2.30. The maximum Gasteiger partial charge on any atom is 0.164 e. The number of rotatable bonds is 8. The molecule has 0 aliphatic carbocycles. The lowest BCUT2D eigenvalue weighted by Gasteiger charge is -2.14. The van der Waals surface area contributed by atoms with Gasteiger partial charge in [-0.25, -0.2) is 0 Å². The van der Waals surface area contributed by atoms with Gasteiger partial charge in [-0.3, -0.25) is 4.79 Å². The molecule has 0 fully saturated rings. The Morgan fingerprint density at radius 2 is 1.77 bits per heavy atom. The van der Waals surface area contributed by atoms with E-state index in [2.05, 4.69) is 24.4 Å². The molecule has 0 aromatic heterocycles. The van der Waals surface area contributed by atoms with Crippen LogP contribution in [0.1, 0.15) is 29.3 Å². The number of carbonyl (C=O) groups is 1. The number of carbonyl (C=O) groups excluding carboxylic acids is 1. The highest BCUT2D eigenvalue weighted by atomic mass is 16.5. The van der Waals surface area contributed by atoms with Crippen molar-refractivity contribution in [2.45, 2.75) is 25.8 Å². The molecule has 0 heterocycles. The lowest BCUT2D eigenvalue weighted by molar-refractivity contribution is 0.0982. The average molecular weight is 297 g/mol. The summed E-state index contributed by atoms with van der Waals surface area (Å²) in [5.74, 6) is 1.06. The van der Waals surface area contributed by atoms with Crippen LogP contribution in [0.4, 0.5) is 0 Å². The van der Waals surface area contributed by atoms with Crippen molar-refractivity contribution in [1.29, 1.82) is 0 Å². The van der Waals surface area contributed by atoms with Gasteiger partial charge in [0.1, 0.15) is 5.75 Å². The molecule has 3 heteroatoms. The molecule has 2 rings (SSSR count). The smallest absolute Gasteiger partial charge is 0.164 e. The van der Waals surface area contributed by atoms with Gasteiger partial charge in [0.25, 0.3) is 0 Å². The Bertz CT molecular complexity index is 578. The number of hydrogen-bond acceptors (Lipinski definition) is 3. The summed E-state index contributed by atoms with van der Waals surface area (Å²) in [4.78, 5) is 12.0. The van der Waals surface area contributed by atoms with Crippen molar-refractivity contribution in [3.8, 4) is 5.75 Å². The Morgan fingerprint density at radius 1 is 1.09 bits per heavy atom. The third-order valence-corrected chi connectivity index (χ3v) is 3.64. The van der Waals surface area contributed by atoms with Crippen LogP contribution in [0.5, 0.6) is 5.75 Å². The zero-order valence-corrected chi connectivity index (χ0v) is 13.2. The SMILES string of the molecule is COc1ccc(CC(C)NCCC(=O)c2ccccc2)cc1. The van der Waals surface area contributed by atoms with Crippen molar-refractivity contribution in [2.75, 3.05) is 13.7 Å². The fourth-order valence-electron chi connectivity index (χ4n) is 2.39. The van der Waals surface area contributed by atoms with E-state index < -0.39 is 0 Å². The number of ether oxygens (including phenoxy) is 1. The summed E-state index contributed by atoms with van der Waals surface area (Å²) in [5, 5.41) is 3.41. The average Bonchev–Trinajstić information content (AvgIpc) is 2.56. The minimum absolute atomic E-state index is 0.185. The number of ketones is 1. The topological polar surface area (TPSA) is 38.3 Å². The van der Waals surface area contributed by atoms with Gasteiger partial charge in [0.05, 0.1) is 7.11 Å². The van der Waals surface area contributed by atoms with Crippen molar-refractivity contribution < 1.29 is 9.53 Å². The molecule has 0 aliphatic heterocycles. The molecule has 0 spiro atoms. The van der Waals surface area contributed by atoms with Crippen LogP contribution in [-0.2, 0) is 6.42 Å². The van der Waals surface area contributed by atoms with E-state index in [1.54, 1.807) is 7.11 Å². The number of benzene rings is 2. The van der Waals surface area contributed by atoms with Crippen molar-refractivity contribution in [3.63, 3.8) is 0 Å². The van der Waals surface area contributed by atoms with Crippen molar-refractivity contribution >= 4 is 5.78 Å². The maximum absolute atomic E-state index is 12.0. The molecular weight excluding hydrogens is 274 g/mol. The quantitative estimate of drug-likeness (QED) is 0.758. The predicted molar refractivity (Wildman–Crippen MR) is 89.6 cm³/mol. The minimum atomic E-state index is 0.185. The van der Waals surface area contributed by atoms with Gasteiger partial charge in [0.2, 0.25) is 0 Å². The molecule has 1 atom stereocenters. The van der Waals surface area contributed by atoms with E-state index in [4.69, 9.17) is 4.74 Å². The third kappa shape index (κ3) is 5.01. The Kier molecular flexibility index (Phi) is 6.16. The van der Waals surface area contributed by atoms with Gasteiger partial charge >= 0.3 is 0 Å². The fraction of sp³-hybridized carbons (Fsp3) is 0.316. The lowest BCUT2D eigenvalue weighted by atomic mass is 10.1. The van der Waals surface area contributed by atoms with E-state index in [1.165, 1.54) is 5.56 Å². The molecular formula is C19H23NO2. The van der Waals surface area contributed by atoms with E-state index in [9.17, 15) is 4.79 Å². The Morgan fingerprint density at radius 3 is 2.41 bits per heavy atom. The monoisotopic (exact) mass is 297 g/mol. The second-order valence-electron chi connectivity index (χ2n) is 5.45. The standard InChI is InChI=1S/C19H23NO2/c1-15(14-16-8-10-18(22-2)11-9-16)20-13-12-19(21)17-6-4-3-5-7-17/h3-11,15,20H,12-14H2,1-2H3. The summed E-state index contributed by atoms with van der Waals surface area (Å²) < 4.78 is 5.15. The molecule has 0 aliphatic rings. The first-order valence-corrected chi connectivity index (χ1v) is 7.63. The second kappa shape index (κ2) is 8.35. The van der Waals surface area contributed by atoms with Crippen LogP contribution in [0, 0.1) is 0 Å². The van der Waals surface area contributed by atoms with Gasteiger partial charge in [0.15, 0.2) is 5.78 Å². The first-order chi connectivity index (χ1) is 10.7. The molecule has 0 radical (unpaired) electrons. The molecule has 1 unspecified atom stereocenters. The summed E-state index contributed by atoms with van der Waals surface area (Å²) >= 11 is 0. The van der Waals surface area contributed by atoms with Crippen LogP contribution < -0.4 is 10.1 Å². The van der Waals surface area contributed by atoms with Crippen LogP contribution in [0.2, 0.25) is 0 Å². The van der Waals surface area contributed by atoms with Crippen molar-refractivity contribution in [1.82, 2.24) is 5.32 Å². The zero-order valence-electron chi connectivity index (χ0n) is 13.2. The highest BCUT2D eigenvalue weighted by molar-refractivity contribution is 5.96. The molecule has 3 nitrogen and oxygen atoms in total. The largest absolute Gasteiger partial charge is 0.497 e. The van der Waals surface area contributed by atoms with E-state index in [-0.39, 0.29) is 5.78 Å². The van der Waals surface area contributed by atoms with Crippen molar-refractivity contribution in [2.24, 2.45) is 0 Å². The summed E-state index contributed by atoms with van der Waals surface area (Å²) in [6.45, 7) is 2.84. The van der Waals surface area contributed by atoms with Gasteiger partial charge in [-0.1, -0.05) is 42.5 Å². The number of hydrogen-bond donors (Lipinski definition) is 1. The van der Waals surface area contributed by atoms with Crippen LogP contribution in [-0.4, -0.2) is 25.5 Å². The van der Waals surface area contributed by atoms with Crippen LogP contribution >= 0.6 is 0 Å². The number of nitrogens with one attached hydrogen (secondary N) is 1. The maximum atomic E-state index is 12.0. The Balaban J connectivity index is 1.73. The van der Waals surface area contributed by atoms with Crippen LogP contribution in [0.3, 0.4) is 0 Å². The van der Waals surface area contributed by atoms with Crippen molar-refractivity contribution in [3.05, 3.63) is 65.7 Å². The molecule has 1 N–H and O–H groups in total. The second-order valence-corrected chi connectivity index (χ2v) is 5.45. The minimum Gasteiger partial charge on any atom is -0.497 e. The summed E-state index contributed by atoms with van der Waals surface area (Å²) in [5.41, 5.74) is 2.04. The normalized spacial score (nSPS) is 11.9. The first-order valence-electron chi connectivity index (χ1n) is 7.63. The molecule has 116 valence electrons. The number of Topliss-reactive ketones (excluding diaryl/α,β-unsaturated/α-hetero) is 1. The summed E-state index contributed by atoms with van der Waals surface area (Å²) in [6.07, 6.45) is 1.46. The Labute approximate surface area is 132 Å². The molecule has 0 saturated heterocycles. The molecule has 22 heavy (non-hydrogen) atoms. The van der Waals surface area contributed by atoms with Gasteiger partial charge in [-0.2, -0.15) is 0 Å². The van der Waals surface area contributed by atoms with Crippen LogP contribution in [0.25, 0.3) is 0 Å². The molecule has 2 aromatic carbocycles. The van der Waals surface area contributed by atoms with E-state index >= 15 is 0 Å². The third-order valence-electron chi connectivity index (χ3n) is 3.64. The predicted octanol–water partition coefficient (Wildman–Crippen LogP) is 3.49. The summed E-state index contributed by atoms with van der Waals surface area (Å²) in [7, 11) is 1.67. The van der Waals surface area contributed by atoms with E-state index in [0.29, 0.717) is 19.0 Å². The Hall–Kier alpha value is -2.13. The van der Waals surface area contributed by atoms with Gasteiger partial charge in [-0.05, 0) is 31.0 Å². The molecule has 0 bridgehead atoms. The highest BCUT2D eigenvalue weighted by Crippen LogP contribution is 2.12. The van der Waals surface area contributed by atoms with Gasteiger partial charge < -0.3 is 10.1 Å².